The first kappa shape index (κ1) is 13.6. The summed E-state index contributed by atoms with van der Waals surface area (Å²) in [6.45, 7) is 2.03. The maximum Gasteiger partial charge on any atom is 0.188 e. The quantitative estimate of drug-likeness (QED) is 0.501. The highest BCUT2D eigenvalue weighted by Crippen LogP contribution is 2.51. The van der Waals surface area contributed by atoms with Gasteiger partial charge >= 0.3 is 0 Å². The van der Waals surface area contributed by atoms with Crippen molar-refractivity contribution in [1.82, 2.24) is 0 Å². The fourth-order valence-electron chi connectivity index (χ4n) is 1.72. The normalized spacial score (nSPS) is 20.3. The van der Waals surface area contributed by atoms with Crippen molar-refractivity contribution in [3.05, 3.63) is 0 Å². The Bertz CT molecular complexity index is 199. The molecule has 1 aliphatic heterocycles. The molecule has 0 spiro atoms. The van der Waals surface area contributed by atoms with E-state index in [9.17, 15) is 0 Å². The summed E-state index contributed by atoms with van der Waals surface area (Å²) >= 11 is 5.42. The lowest BCUT2D eigenvalue weighted by atomic mass is 10.1. The molecule has 0 aromatic carbocycles. The van der Waals surface area contributed by atoms with Crippen molar-refractivity contribution in [3.8, 4) is 0 Å². The Morgan fingerprint density at radius 1 is 1.00 bits per heavy atom. The number of rotatable bonds is 7. The zero-order chi connectivity index (χ0) is 11.0. The summed E-state index contributed by atoms with van der Waals surface area (Å²) in [6, 6.07) is 0. The van der Waals surface area contributed by atoms with Crippen LogP contribution in [0.1, 0.15) is 51.9 Å². The molecule has 0 aromatic rings. The topological polar surface area (TPSA) is 18.5 Å². The highest BCUT2D eigenvalue weighted by atomic mass is 32.5. The van der Waals surface area contributed by atoms with Crippen molar-refractivity contribution >= 4 is 18.3 Å². The second-order valence-electron chi connectivity index (χ2n) is 4.12. The van der Waals surface area contributed by atoms with Gasteiger partial charge in [0.25, 0.3) is 0 Å². The molecule has 2 nitrogen and oxygen atoms in total. The summed E-state index contributed by atoms with van der Waals surface area (Å²) in [5.41, 5.74) is 0. The van der Waals surface area contributed by atoms with E-state index in [1.807, 2.05) is 0 Å². The van der Waals surface area contributed by atoms with E-state index in [1.165, 1.54) is 38.5 Å². The van der Waals surface area contributed by atoms with Crippen LogP contribution in [0.2, 0.25) is 0 Å². The van der Waals surface area contributed by atoms with Gasteiger partial charge < -0.3 is 9.05 Å². The van der Waals surface area contributed by atoms with Crippen LogP contribution in [-0.4, -0.2) is 19.4 Å². The second-order valence-corrected chi connectivity index (χ2v) is 7.98. The Balaban J connectivity index is 2.01. The summed E-state index contributed by atoms with van der Waals surface area (Å²) in [6.07, 6.45) is 9.82. The highest BCUT2D eigenvalue weighted by Gasteiger charge is 2.21. The molecule has 1 saturated heterocycles. The zero-order valence-electron chi connectivity index (χ0n) is 9.74. The average Bonchev–Trinajstić information content (AvgIpc) is 2.24. The number of hydrogen-bond donors (Lipinski definition) is 0. The van der Waals surface area contributed by atoms with Crippen LogP contribution in [0, 0.1) is 0 Å². The van der Waals surface area contributed by atoms with Gasteiger partial charge in [0, 0.05) is 6.16 Å². The van der Waals surface area contributed by atoms with Crippen LogP contribution in [0.25, 0.3) is 0 Å². The lowest BCUT2D eigenvalue weighted by molar-refractivity contribution is 0.179. The van der Waals surface area contributed by atoms with Crippen molar-refractivity contribution < 1.29 is 9.05 Å². The van der Waals surface area contributed by atoms with E-state index >= 15 is 0 Å². The monoisotopic (exact) mass is 250 g/mol. The molecule has 0 aromatic heterocycles. The molecule has 1 heterocycles. The summed E-state index contributed by atoms with van der Waals surface area (Å²) in [5, 5.41) is 0. The van der Waals surface area contributed by atoms with Crippen molar-refractivity contribution in [1.29, 1.82) is 0 Å². The molecule has 15 heavy (non-hydrogen) atoms. The van der Waals surface area contributed by atoms with Crippen LogP contribution in [0.3, 0.4) is 0 Å². The third kappa shape index (κ3) is 6.01. The SMILES string of the molecule is CCCCCCCCP1(=S)OCCCO1. The summed E-state index contributed by atoms with van der Waals surface area (Å²) in [5.74, 6) is 0. The molecule has 0 amide bonds. The van der Waals surface area contributed by atoms with Gasteiger partial charge in [0.2, 0.25) is 0 Å². The number of hydrogen-bond acceptors (Lipinski definition) is 3. The predicted molar refractivity (Wildman–Crippen MR) is 69.0 cm³/mol. The van der Waals surface area contributed by atoms with E-state index in [1.54, 1.807) is 0 Å². The summed E-state index contributed by atoms with van der Waals surface area (Å²) in [7, 11) is 0. The van der Waals surface area contributed by atoms with Crippen LogP contribution >= 0.6 is 6.49 Å². The minimum atomic E-state index is -1.84. The molecule has 4 heteroatoms. The molecule has 1 aliphatic rings. The second kappa shape index (κ2) is 7.78. The van der Waals surface area contributed by atoms with Crippen LogP contribution in [0.4, 0.5) is 0 Å². The van der Waals surface area contributed by atoms with Gasteiger partial charge in [-0.25, -0.2) is 0 Å². The molecule has 1 fully saturated rings. The Morgan fingerprint density at radius 2 is 1.60 bits per heavy atom. The van der Waals surface area contributed by atoms with E-state index in [4.69, 9.17) is 20.9 Å². The van der Waals surface area contributed by atoms with E-state index < -0.39 is 6.49 Å². The van der Waals surface area contributed by atoms with Gasteiger partial charge in [0.15, 0.2) is 6.49 Å². The lowest BCUT2D eigenvalue weighted by Crippen LogP contribution is -2.10. The molecule has 1 rings (SSSR count). The van der Waals surface area contributed by atoms with Crippen LogP contribution < -0.4 is 0 Å². The number of unbranched alkanes of at least 4 members (excludes halogenated alkanes) is 5. The van der Waals surface area contributed by atoms with Gasteiger partial charge in [-0.1, -0.05) is 39.0 Å². The third-order valence-corrected chi connectivity index (χ3v) is 5.85. The van der Waals surface area contributed by atoms with E-state index in [0.717, 1.165) is 25.8 Å². The highest BCUT2D eigenvalue weighted by molar-refractivity contribution is 8.09. The Hall–Kier alpha value is 0.570. The molecule has 0 radical (unpaired) electrons. The molecular weight excluding hydrogens is 227 g/mol. The van der Waals surface area contributed by atoms with Gasteiger partial charge in [-0.3, -0.25) is 0 Å². The first-order valence-electron chi connectivity index (χ1n) is 6.15. The van der Waals surface area contributed by atoms with Crippen LogP contribution in [0.5, 0.6) is 0 Å². The van der Waals surface area contributed by atoms with E-state index in [2.05, 4.69) is 6.92 Å². The molecule has 0 atom stereocenters. The molecule has 0 aliphatic carbocycles. The summed E-state index contributed by atoms with van der Waals surface area (Å²) in [4.78, 5) is 0. The first-order chi connectivity index (χ1) is 7.27. The minimum absolute atomic E-state index is 0.813. The fourth-order valence-corrected chi connectivity index (χ4v) is 4.31. The standard InChI is InChI=1S/C11H23O2PS/c1-2-3-4-5-6-7-11-14(15)12-9-8-10-13-14/h2-11H2,1H3. The lowest BCUT2D eigenvalue weighted by Gasteiger charge is -2.26. The zero-order valence-corrected chi connectivity index (χ0v) is 11.5. The van der Waals surface area contributed by atoms with Gasteiger partial charge in [0.05, 0.1) is 13.2 Å². The van der Waals surface area contributed by atoms with Crippen molar-refractivity contribution in [2.45, 2.75) is 51.9 Å². The van der Waals surface area contributed by atoms with Gasteiger partial charge in [-0.15, -0.1) is 0 Å². The maximum absolute atomic E-state index is 5.60. The van der Waals surface area contributed by atoms with Crippen molar-refractivity contribution in [2.24, 2.45) is 0 Å². The fraction of sp³-hybridized carbons (Fsp3) is 1.00. The third-order valence-electron chi connectivity index (χ3n) is 2.65. The molecule has 0 unspecified atom stereocenters. The summed E-state index contributed by atoms with van der Waals surface area (Å²) < 4.78 is 11.2. The average molecular weight is 250 g/mol. The van der Waals surface area contributed by atoms with Crippen molar-refractivity contribution in [2.75, 3.05) is 19.4 Å². The molecule has 90 valence electrons. The minimum Gasteiger partial charge on any atom is -0.329 e. The first-order valence-corrected chi connectivity index (χ1v) is 8.97. The largest absolute Gasteiger partial charge is 0.329 e. The molecule has 0 N–H and O–H groups in total. The van der Waals surface area contributed by atoms with Crippen LogP contribution in [0.15, 0.2) is 0 Å². The van der Waals surface area contributed by atoms with Gasteiger partial charge in [-0.2, -0.15) is 0 Å². The van der Waals surface area contributed by atoms with E-state index in [-0.39, 0.29) is 0 Å². The van der Waals surface area contributed by atoms with Crippen LogP contribution in [-0.2, 0) is 20.9 Å². The molecule has 0 bridgehead atoms. The van der Waals surface area contributed by atoms with Crippen molar-refractivity contribution in [3.63, 3.8) is 0 Å². The van der Waals surface area contributed by atoms with Gasteiger partial charge in [-0.05, 0) is 24.6 Å². The van der Waals surface area contributed by atoms with E-state index in [0.29, 0.717) is 0 Å². The molecular formula is C11H23O2PS. The smallest absolute Gasteiger partial charge is 0.188 e. The predicted octanol–water partition coefficient (Wildman–Crippen LogP) is 4.09. The molecule has 0 saturated carbocycles. The Morgan fingerprint density at radius 3 is 2.27 bits per heavy atom. The van der Waals surface area contributed by atoms with Gasteiger partial charge in [0.1, 0.15) is 0 Å². The Labute approximate surface area is 98.9 Å². The Kier molecular flexibility index (Phi) is 7.07. The maximum atomic E-state index is 5.60.